The molecule has 1 aromatic rings. The molecular formula is C12H19N3O2S. The third kappa shape index (κ3) is 2.30. The smallest absolute Gasteiger partial charge is 0.242 e. The second-order valence-corrected chi connectivity index (χ2v) is 6.47. The average Bonchev–Trinajstić information content (AvgIpc) is 2.75. The van der Waals surface area contributed by atoms with Crippen LogP contribution >= 0.6 is 0 Å². The molecule has 1 fully saturated rings. The normalized spacial score (nSPS) is 20.3. The molecule has 0 bridgehead atoms. The Hall–Kier alpha value is -1.27. The van der Waals surface area contributed by atoms with Crippen molar-refractivity contribution in [3.8, 4) is 0 Å². The number of nitrogens with zero attached hydrogens (tertiary/aromatic N) is 1. The molecule has 0 saturated carbocycles. The van der Waals surface area contributed by atoms with E-state index in [1.807, 2.05) is 6.07 Å². The lowest BCUT2D eigenvalue weighted by Crippen LogP contribution is -2.26. The summed E-state index contributed by atoms with van der Waals surface area (Å²) in [5.41, 5.74) is 7.14. The number of benzene rings is 1. The maximum Gasteiger partial charge on any atom is 0.242 e. The molecule has 0 radical (unpaired) electrons. The standard InChI is InChI=1S/C12H19N3O2S/c1-9-4-3-7-15(9)10-5-6-12(11(13)8-10)18(16,17)14-2/h5-6,8-9,14H,3-4,7,13H2,1-2H3. The third-order valence-electron chi connectivity index (χ3n) is 3.44. The number of sulfonamides is 1. The molecule has 100 valence electrons. The number of nitrogens with two attached hydrogens (primary N) is 1. The highest BCUT2D eigenvalue weighted by atomic mass is 32.2. The fraction of sp³-hybridized carbons (Fsp3) is 0.500. The molecule has 0 amide bonds. The summed E-state index contributed by atoms with van der Waals surface area (Å²) in [6.07, 6.45) is 2.33. The van der Waals surface area contributed by atoms with Crippen LogP contribution in [0.5, 0.6) is 0 Å². The molecule has 1 unspecified atom stereocenters. The Labute approximate surface area is 108 Å². The van der Waals surface area contributed by atoms with Crippen LogP contribution in [0.1, 0.15) is 19.8 Å². The monoisotopic (exact) mass is 269 g/mol. The van der Waals surface area contributed by atoms with Gasteiger partial charge < -0.3 is 10.6 Å². The lowest BCUT2D eigenvalue weighted by molar-refractivity contribution is 0.588. The summed E-state index contributed by atoms with van der Waals surface area (Å²) >= 11 is 0. The zero-order valence-electron chi connectivity index (χ0n) is 10.7. The Morgan fingerprint density at radius 3 is 2.67 bits per heavy atom. The van der Waals surface area contributed by atoms with E-state index in [1.54, 1.807) is 12.1 Å². The largest absolute Gasteiger partial charge is 0.398 e. The molecule has 1 aromatic carbocycles. The van der Waals surface area contributed by atoms with Crippen molar-refractivity contribution < 1.29 is 8.42 Å². The molecule has 1 saturated heterocycles. The summed E-state index contributed by atoms with van der Waals surface area (Å²) in [4.78, 5) is 2.40. The minimum Gasteiger partial charge on any atom is -0.398 e. The van der Waals surface area contributed by atoms with Gasteiger partial charge in [-0.2, -0.15) is 0 Å². The van der Waals surface area contributed by atoms with E-state index >= 15 is 0 Å². The highest BCUT2D eigenvalue weighted by Crippen LogP contribution is 2.29. The van der Waals surface area contributed by atoms with Crippen LogP contribution in [0.2, 0.25) is 0 Å². The van der Waals surface area contributed by atoms with Crippen molar-refractivity contribution in [1.29, 1.82) is 0 Å². The first-order valence-electron chi connectivity index (χ1n) is 6.05. The molecule has 3 N–H and O–H groups in total. The van der Waals surface area contributed by atoms with Gasteiger partial charge in [-0.15, -0.1) is 0 Å². The van der Waals surface area contributed by atoms with Crippen LogP contribution in [0.4, 0.5) is 11.4 Å². The van der Waals surface area contributed by atoms with Gasteiger partial charge in [-0.25, -0.2) is 13.1 Å². The van der Waals surface area contributed by atoms with E-state index < -0.39 is 10.0 Å². The maximum atomic E-state index is 11.7. The van der Waals surface area contributed by atoms with E-state index in [0.717, 1.165) is 25.1 Å². The molecule has 0 spiro atoms. The summed E-state index contributed by atoms with van der Waals surface area (Å²) in [6, 6.07) is 5.62. The second kappa shape index (κ2) is 4.78. The lowest BCUT2D eigenvalue weighted by atomic mass is 10.2. The van der Waals surface area contributed by atoms with Gasteiger partial charge in [0.05, 0.1) is 5.69 Å². The van der Waals surface area contributed by atoms with E-state index in [9.17, 15) is 8.42 Å². The van der Waals surface area contributed by atoms with Gasteiger partial charge in [0.15, 0.2) is 0 Å². The SMILES string of the molecule is CNS(=O)(=O)c1ccc(N2CCCC2C)cc1N. The van der Waals surface area contributed by atoms with Crippen LogP contribution in [0, 0.1) is 0 Å². The van der Waals surface area contributed by atoms with E-state index in [-0.39, 0.29) is 4.90 Å². The molecule has 2 rings (SSSR count). The van der Waals surface area contributed by atoms with Crippen LogP contribution in [0.15, 0.2) is 23.1 Å². The topological polar surface area (TPSA) is 75.4 Å². The van der Waals surface area contributed by atoms with Gasteiger partial charge in [0, 0.05) is 18.3 Å². The molecule has 0 aromatic heterocycles. The van der Waals surface area contributed by atoms with E-state index in [0.29, 0.717) is 11.7 Å². The molecule has 1 aliphatic rings. The van der Waals surface area contributed by atoms with Gasteiger partial charge in [-0.05, 0) is 45.0 Å². The molecule has 6 heteroatoms. The van der Waals surface area contributed by atoms with Crippen molar-refractivity contribution in [3.63, 3.8) is 0 Å². The van der Waals surface area contributed by atoms with Crippen molar-refractivity contribution in [2.75, 3.05) is 24.2 Å². The molecule has 1 heterocycles. The second-order valence-electron chi connectivity index (χ2n) is 4.61. The van der Waals surface area contributed by atoms with Crippen LogP contribution in [0.3, 0.4) is 0 Å². The Balaban J connectivity index is 2.36. The fourth-order valence-electron chi connectivity index (χ4n) is 2.39. The zero-order valence-corrected chi connectivity index (χ0v) is 11.5. The van der Waals surface area contributed by atoms with Gasteiger partial charge >= 0.3 is 0 Å². The van der Waals surface area contributed by atoms with E-state index in [4.69, 9.17) is 5.73 Å². The number of hydrogen-bond acceptors (Lipinski definition) is 4. The van der Waals surface area contributed by atoms with Crippen LogP contribution in [0.25, 0.3) is 0 Å². The Bertz CT molecular complexity index is 542. The van der Waals surface area contributed by atoms with Crippen LogP contribution < -0.4 is 15.4 Å². The van der Waals surface area contributed by atoms with Crippen molar-refractivity contribution in [1.82, 2.24) is 4.72 Å². The maximum absolute atomic E-state index is 11.7. The van der Waals surface area contributed by atoms with Gasteiger partial charge in [0.1, 0.15) is 4.90 Å². The first kappa shape index (κ1) is 13.2. The molecule has 1 atom stereocenters. The Kier molecular flexibility index (Phi) is 3.49. The first-order valence-corrected chi connectivity index (χ1v) is 7.54. The summed E-state index contributed by atoms with van der Waals surface area (Å²) < 4.78 is 25.7. The van der Waals surface area contributed by atoms with Crippen LogP contribution in [-0.2, 0) is 10.0 Å². The molecule has 0 aliphatic carbocycles. The molecule has 1 aliphatic heterocycles. The van der Waals surface area contributed by atoms with Crippen molar-refractivity contribution in [2.45, 2.75) is 30.7 Å². The molecule has 5 nitrogen and oxygen atoms in total. The lowest BCUT2D eigenvalue weighted by Gasteiger charge is -2.24. The third-order valence-corrected chi connectivity index (χ3v) is 4.92. The average molecular weight is 269 g/mol. The fourth-order valence-corrected chi connectivity index (χ4v) is 3.22. The predicted octanol–water partition coefficient (Wildman–Crippen LogP) is 1.17. The zero-order chi connectivity index (χ0) is 13.3. The van der Waals surface area contributed by atoms with Gasteiger partial charge in [0.2, 0.25) is 10.0 Å². The summed E-state index contributed by atoms with van der Waals surface area (Å²) in [7, 11) is -2.10. The van der Waals surface area contributed by atoms with Crippen molar-refractivity contribution >= 4 is 21.4 Å². The Morgan fingerprint density at radius 2 is 2.17 bits per heavy atom. The minimum absolute atomic E-state index is 0.139. The number of hydrogen-bond donors (Lipinski definition) is 2. The van der Waals surface area contributed by atoms with Crippen LogP contribution in [-0.4, -0.2) is 28.1 Å². The minimum atomic E-state index is -3.48. The molecule has 18 heavy (non-hydrogen) atoms. The highest BCUT2D eigenvalue weighted by Gasteiger charge is 2.22. The number of nitrogen functional groups attached to an aromatic ring is 1. The summed E-state index contributed by atoms with van der Waals surface area (Å²) in [5, 5.41) is 0. The number of rotatable bonds is 3. The van der Waals surface area contributed by atoms with Gasteiger partial charge in [-0.3, -0.25) is 0 Å². The highest BCUT2D eigenvalue weighted by molar-refractivity contribution is 7.89. The van der Waals surface area contributed by atoms with Crippen molar-refractivity contribution in [2.24, 2.45) is 0 Å². The predicted molar refractivity (Wildman–Crippen MR) is 73.1 cm³/mol. The van der Waals surface area contributed by atoms with E-state index in [2.05, 4.69) is 16.5 Å². The summed E-state index contributed by atoms with van der Waals surface area (Å²) in [5.74, 6) is 0. The Morgan fingerprint density at radius 1 is 1.44 bits per heavy atom. The van der Waals surface area contributed by atoms with Crippen molar-refractivity contribution in [3.05, 3.63) is 18.2 Å². The van der Waals surface area contributed by atoms with Gasteiger partial charge in [-0.1, -0.05) is 0 Å². The summed E-state index contributed by atoms with van der Waals surface area (Å²) in [6.45, 7) is 3.17. The number of nitrogens with one attached hydrogen (secondary N) is 1. The van der Waals surface area contributed by atoms with E-state index in [1.165, 1.54) is 7.05 Å². The quantitative estimate of drug-likeness (QED) is 0.808. The van der Waals surface area contributed by atoms with Gasteiger partial charge in [0.25, 0.3) is 0 Å². The molecular weight excluding hydrogens is 250 g/mol. The number of anilines is 2. The first-order chi connectivity index (χ1) is 8.45.